The first-order valence-electron chi connectivity index (χ1n) is 7.76. The van der Waals surface area contributed by atoms with Crippen molar-refractivity contribution in [3.63, 3.8) is 0 Å². The highest BCUT2D eigenvalue weighted by Gasteiger charge is 2.30. The number of alkyl carbamates (subject to hydrolysis) is 1. The molecule has 0 aromatic heterocycles. The Balaban J connectivity index is 2.07. The van der Waals surface area contributed by atoms with Crippen molar-refractivity contribution in [2.45, 2.75) is 25.6 Å². The number of nitrogens with zero attached hydrogens (tertiary/aromatic N) is 1. The van der Waals surface area contributed by atoms with E-state index in [0.717, 1.165) is 5.56 Å². The van der Waals surface area contributed by atoms with Crippen molar-refractivity contribution in [2.24, 2.45) is 0 Å². The van der Waals surface area contributed by atoms with E-state index >= 15 is 0 Å². The smallest absolute Gasteiger partial charge is 0.408 e. The van der Waals surface area contributed by atoms with E-state index < -0.39 is 23.1 Å². The lowest BCUT2D eigenvalue weighted by Gasteiger charge is -2.20. The van der Waals surface area contributed by atoms with Crippen molar-refractivity contribution in [3.05, 3.63) is 75.8 Å². The van der Waals surface area contributed by atoms with Gasteiger partial charge in [0.2, 0.25) is 6.04 Å². The highest BCUT2D eigenvalue weighted by molar-refractivity contribution is 5.68. The lowest BCUT2D eigenvalue weighted by atomic mass is 10.0. The maximum absolute atomic E-state index is 12.1. The Labute approximate surface area is 145 Å². The Kier molecular flexibility index (Phi) is 6.33. The summed E-state index contributed by atoms with van der Waals surface area (Å²) in [6.07, 6.45) is -0.710. The minimum absolute atomic E-state index is 0.0921. The molecular formula is C18H20N2O5. The Morgan fingerprint density at radius 2 is 1.80 bits per heavy atom. The average Bonchev–Trinajstić information content (AvgIpc) is 2.64. The number of hydrogen-bond donors (Lipinski definition) is 1. The van der Waals surface area contributed by atoms with E-state index in [1.54, 1.807) is 24.3 Å². The number of amides is 1. The van der Waals surface area contributed by atoms with Gasteiger partial charge in [-0.25, -0.2) is 4.79 Å². The standard InChI is InChI=1S/C18H20N2O5/c1-13(20(22)23)17(15-8-10-16(24-2)11-9-15)19-18(21)25-12-14-6-4-3-5-7-14/h3-11,13,17H,12H2,1-2H3,(H,19,21)/t13-,17-/m0/s1. The number of nitro groups is 1. The number of ether oxygens (including phenoxy) is 2. The number of benzene rings is 2. The molecule has 0 bridgehead atoms. The minimum atomic E-state index is -1.02. The molecule has 2 aromatic rings. The Hall–Kier alpha value is -3.09. The van der Waals surface area contributed by atoms with Gasteiger partial charge < -0.3 is 14.8 Å². The first-order chi connectivity index (χ1) is 12.0. The van der Waals surface area contributed by atoms with Crippen LogP contribution in [0.15, 0.2) is 54.6 Å². The van der Waals surface area contributed by atoms with Crippen molar-refractivity contribution >= 4 is 6.09 Å². The molecule has 1 N–H and O–H groups in total. The third kappa shape index (κ3) is 5.20. The molecule has 0 fully saturated rings. The summed E-state index contributed by atoms with van der Waals surface area (Å²) in [5, 5.41) is 13.8. The second kappa shape index (κ2) is 8.68. The molecule has 2 aromatic carbocycles. The molecule has 0 radical (unpaired) electrons. The Bertz CT molecular complexity index is 703. The van der Waals surface area contributed by atoms with Crippen molar-refractivity contribution in [1.82, 2.24) is 5.32 Å². The molecule has 1 amide bonds. The Morgan fingerprint density at radius 1 is 1.16 bits per heavy atom. The van der Waals surface area contributed by atoms with E-state index in [-0.39, 0.29) is 6.61 Å². The summed E-state index contributed by atoms with van der Waals surface area (Å²) < 4.78 is 10.2. The zero-order chi connectivity index (χ0) is 18.2. The number of rotatable bonds is 7. The van der Waals surface area contributed by atoms with Crippen LogP contribution in [0.25, 0.3) is 0 Å². The molecule has 0 aliphatic heterocycles. The monoisotopic (exact) mass is 344 g/mol. The number of nitrogens with one attached hydrogen (secondary N) is 1. The lowest BCUT2D eigenvalue weighted by Crippen LogP contribution is -2.38. The van der Waals surface area contributed by atoms with E-state index in [1.165, 1.54) is 14.0 Å². The van der Waals surface area contributed by atoms with Crippen LogP contribution in [-0.4, -0.2) is 24.2 Å². The zero-order valence-corrected chi connectivity index (χ0v) is 14.0. The fourth-order valence-corrected chi connectivity index (χ4v) is 2.31. The van der Waals surface area contributed by atoms with Crippen molar-refractivity contribution in [2.75, 3.05) is 7.11 Å². The normalized spacial score (nSPS) is 12.7. The van der Waals surface area contributed by atoms with Crippen LogP contribution in [0.2, 0.25) is 0 Å². The van der Waals surface area contributed by atoms with Gasteiger partial charge in [-0.05, 0) is 23.3 Å². The van der Waals surface area contributed by atoms with E-state index in [0.29, 0.717) is 11.3 Å². The van der Waals surface area contributed by atoms with Crippen LogP contribution >= 0.6 is 0 Å². The summed E-state index contributed by atoms with van der Waals surface area (Å²) >= 11 is 0. The molecule has 2 rings (SSSR count). The average molecular weight is 344 g/mol. The van der Waals surface area contributed by atoms with Crippen LogP contribution in [0.3, 0.4) is 0 Å². The van der Waals surface area contributed by atoms with Crippen LogP contribution < -0.4 is 10.1 Å². The molecule has 132 valence electrons. The third-order valence-corrected chi connectivity index (χ3v) is 3.78. The third-order valence-electron chi connectivity index (χ3n) is 3.78. The molecule has 0 saturated heterocycles. The van der Waals surface area contributed by atoms with Gasteiger partial charge in [0, 0.05) is 11.8 Å². The fraction of sp³-hybridized carbons (Fsp3) is 0.278. The van der Waals surface area contributed by atoms with Crippen molar-refractivity contribution in [1.29, 1.82) is 0 Å². The van der Waals surface area contributed by atoms with Gasteiger partial charge in [-0.3, -0.25) is 10.1 Å². The molecule has 0 aliphatic carbocycles. The van der Waals surface area contributed by atoms with Gasteiger partial charge in [0.15, 0.2) is 0 Å². The summed E-state index contributed by atoms with van der Waals surface area (Å²) in [5.74, 6) is 0.628. The van der Waals surface area contributed by atoms with Gasteiger partial charge in [0.05, 0.1) is 7.11 Å². The maximum Gasteiger partial charge on any atom is 0.408 e. The molecule has 0 spiro atoms. The van der Waals surface area contributed by atoms with Gasteiger partial charge >= 0.3 is 6.09 Å². The summed E-state index contributed by atoms with van der Waals surface area (Å²) in [4.78, 5) is 22.8. The number of carbonyl (C=O) groups excluding carboxylic acids is 1. The summed E-state index contributed by atoms with van der Waals surface area (Å²) in [6.45, 7) is 1.53. The summed E-state index contributed by atoms with van der Waals surface area (Å²) in [6, 6.07) is 14.1. The molecule has 0 saturated carbocycles. The van der Waals surface area contributed by atoms with Gasteiger partial charge in [-0.15, -0.1) is 0 Å². The van der Waals surface area contributed by atoms with Crippen molar-refractivity contribution in [3.8, 4) is 5.75 Å². The molecule has 7 nitrogen and oxygen atoms in total. The quantitative estimate of drug-likeness (QED) is 0.614. The van der Waals surface area contributed by atoms with E-state index in [2.05, 4.69) is 5.32 Å². The molecule has 25 heavy (non-hydrogen) atoms. The molecule has 7 heteroatoms. The van der Waals surface area contributed by atoms with Crippen LogP contribution in [-0.2, 0) is 11.3 Å². The number of methoxy groups -OCH3 is 1. The fourth-order valence-electron chi connectivity index (χ4n) is 2.31. The molecular weight excluding hydrogens is 324 g/mol. The molecule has 2 atom stereocenters. The predicted octanol–water partition coefficient (Wildman–Crippen LogP) is 3.33. The summed E-state index contributed by atoms with van der Waals surface area (Å²) in [5.41, 5.74) is 1.43. The first-order valence-corrected chi connectivity index (χ1v) is 7.76. The Morgan fingerprint density at radius 3 is 2.36 bits per heavy atom. The van der Waals surface area contributed by atoms with Gasteiger partial charge in [-0.2, -0.15) is 0 Å². The van der Waals surface area contributed by atoms with Crippen LogP contribution in [0.4, 0.5) is 4.79 Å². The first kappa shape index (κ1) is 18.3. The molecule has 0 aliphatic rings. The predicted molar refractivity (Wildman–Crippen MR) is 92.0 cm³/mol. The molecule has 0 heterocycles. The lowest BCUT2D eigenvalue weighted by molar-refractivity contribution is -0.523. The van der Waals surface area contributed by atoms with Crippen LogP contribution in [0.1, 0.15) is 24.1 Å². The van der Waals surface area contributed by atoms with Gasteiger partial charge in [0.25, 0.3) is 0 Å². The molecule has 0 unspecified atom stereocenters. The topological polar surface area (TPSA) is 90.7 Å². The second-order valence-corrected chi connectivity index (χ2v) is 5.48. The maximum atomic E-state index is 12.1. The minimum Gasteiger partial charge on any atom is -0.497 e. The van der Waals surface area contributed by atoms with Crippen LogP contribution in [0, 0.1) is 10.1 Å². The SMILES string of the molecule is COc1ccc([C@@H](NC(=O)OCc2ccccc2)[C@H](C)[N+](=O)[O-])cc1. The van der Waals surface area contributed by atoms with Crippen LogP contribution in [0.5, 0.6) is 5.75 Å². The van der Waals surface area contributed by atoms with E-state index in [1.807, 2.05) is 30.3 Å². The summed E-state index contributed by atoms with van der Waals surface area (Å²) in [7, 11) is 1.53. The zero-order valence-electron chi connectivity index (χ0n) is 14.0. The van der Waals surface area contributed by atoms with E-state index in [4.69, 9.17) is 9.47 Å². The van der Waals surface area contributed by atoms with E-state index in [9.17, 15) is 14.9 Å². The highest BCUT2D eigenvalue weighted by atomic mass is 16.6. The highest BCUT2D eigenvalue weighted by Crippen LogP contribution is 2.22. The van der Waals surface area contributed by atoms with Crippen molar-refractivity contribution < 1.29 is 19.2 Å². The number of hydrogen-bond acceptors (Lipinski definition) is 5. The second-order valence-electron chi connectivity index (χ2n) is 5.48. The van der Waals surface area contributed by atoms with Gasteiger partial charge in [-0.1, -0.05) is 42.5 Å². The largest absolute Gasteiger partial charge is 0.497 e. The number of carbonyl (C=O) groups is 1. The van der Waals surface area contributed by atoms with Gasteiger partial charge in [0.1, 0.15) is 18.4 Å².